The first kappa shape index (κ1) is 13.7. The van der Waals surface area contributed by atoms with Crippen LogP contribution in [0, 0.1) is 0 Å². The molecule has 2 unspecified atom stereocenters. The lowest BCUT2D eigenvalue weighted by Crippen LogP contribution is -2.47. The Balaban J connectivity index is 2.06. The lowest BCUT2D eigenvalue weighted by atomic mass is 10.1. The smallest absolute Gasteiger partial charge is 0.330 e. The van der Waals surface area contributed by atoms with Crippen molar-refractivity contribution in [1.82, 2.24) is 14.5 Å². The van der Waals surface area contributed by atoms with Gasteiger partial charge in [-0.2, -0.15) is 0 Å². The quantitative estimate of drug-likeness (QED) is 0.607. The number of aliphatic hydroxyl groups is 1. The molecule has 3 rings (SSSR count). The monoisotopic (exact) mass is 297 g/mol. The van der Waals surface area contributed by atoms with E-state index in [0.717, 1.165) is 10.6 Å². The van der Waals surface area contributed by atoms with Gasteiger partial charge in [-0.25, -0.2) is 13.8 Å². The van der Waals surface area contributed by atoms with Crippen LogP contribution in [0.25, 0.3) is 0 Å². The molecule has 21 heavy (non-hydrogen) atoms. The number of hydrogen-bond acceptors (Lipinski definition) is 4. The number of H-pyrrole nitrogens is 2. The summed E-state index contributed by atoms with van der Waals surface area (Å²) < 4.78 is 22.5. The number of aromatic nitrogens is 4. The molecular formula is C12H14FN4O4+. The summed E-state index contributed by atoms with van der Waals surface area (Å²) in [7, 11) is 0. The molecule has 3 heterocycles. The molecule has 4 atom stereocenters. The van der Waals surface area contributed by atoms with Crippen LogP contribution in [0.4, 0.5) is 4.39 Å². The minimum Gasteiger partial charge on any atom is -0.394 e. The van der Waals surface area contributed by atoms with Crippen molar-refractivity contribution in [2.45, 2.75) is 24.5 Å². The zero-order chi connectivity index (χ0) is 15.0. The van der Waals surface area contributed by atoms with Gasteiger partial charge in [0.2, 0.25) is 6.33 Å². The molecule has 0 radical (unpaired) electrons. The maximum absolute atomic E-state index is 14.5. The van der Waals surface area contributed by atoms with Crippen molar-refractivity contribution in [3.63, 3.8) is 0 Å². The van der Waals surface area contributed by atoms with Gasteiger partial charge in [0.05, 0.1) is 6.61 Å². The Kier molecular flexibility index (Phi) is 3.43. The largest absolute Gasteiger partial charge is 0.394 e. The van der Waals surface area contributed by atoms with Gasteiger partial charge in [-0.1, -0.05) is 0 Å². The van der Waals surface area contributed by atoms with Crippen LogP contribution in [0.5, 0.6) is 0 Å². The van der Waals surface area contributed by atoms with Crippen molar-refractivity contribution in [2.75, 3.05) is 6.61 Å². The van der Waals surface area contributed by atoms with E-state index in [1.54, 1.807) is 12.4 Å². The Labute approximate surface area is 117 Å². The molecule has 3 N–H and O–H groups in total. The van der Waals surface area contributed by atoms with Crippen LogP contribution in [0.1, 0.15) is 12.3 Å². The highest BCUT2D eigenvalue weighted by molar-refractivity contribution is 4.91. The van der Waals surface area contributed by atoms with Crippen molar-refractivity contribution >= 4 is 0 Å². The maximum Gasteiger partial charge on any atom is 0.330 e. The van der Waals surface area contributed by atoms with Gasteiger partial charge >= 0.3 is 5.69 Å². The molecule has 0 saturated carbocycles. The second-order valence-corrected chi connectivity index (χ2v) is 4.76. The molecule has 0 aromatic carbocycles. The van der Waals surface area contributed by atoms with E-state index < -0.39 is 42.4 Å². The van der Waals surface area contributed by atoms with E-state index in [4.69, 9.17) is 4.74 Å². The van der Waals surface area contributed by atoms with Gasteiger partial charge < -0.3 is 9.84 Å². The number of alkyl halides is 1. The highest BCUT2D eigenvalue weighted by Crippen LogP contribution is 2.35. The van der Waals surface area contributed by atoms with Crippen LogP contribution in [0.2, 0.25) is 0 Å². The van der Waals surface area contributed by atoms with E-state index in [9.17, 15) is 19.1 Å². The summed E-state index contributed by atoms with van der Waals surface area (Å²) in [5.74, 6) is 0. The van der Waals surface area contributed by atoms with Gasteiger partial charge in [0.25, 0.3) is 5.56 Å². The summed E-state index contributed by atoms with van der Waals surface area (Å²) in [6.07, 6.45) is 2.47. The van der Waals surface area contributed by atoms with Crippen LogP contribution in [0.15, 0.2) is 40.6 Å². The summed E-state index contributed by atoms with van der Waals surface area (Å²) in [6.45, 7) is -0.503. The number of aliphatic hydroxyl groups excluding tert-OH is 1. The van der Waals surface area contributed by atoms with Crippen molar-refractivity contribution in [2.24, 2.45) is 0 Å². The molecule has 1 aliphatic rings. The first-order valence-corrected chi connectivity index (χ1v) is 6.37. The SMILES string of the molecule is O=c1ccn([C@@H]2O[C@H](CO)C(F)C2[n+]2cc[nH]c2)c(=O)[nH]1. The highest BCUT2D eigenvalue weighted by atomic mass is 19.1. The number of halogens is 1. The first-order chi connectivity index (χ1) is 10.1. The third kappa shape index (κ3) is 2.30. The molecule has 1 saturated heterocycles. The molecule has 112 valence electrons. The van der Waals surface area contributed by atoms with Gasteiger partial charge in [-0.05, 0) is 0 Å². The molecule has 0 bridgehead atoms. The predicted octanol–water partition coefficient (Wildman–Crippen LogP) is -1.38. The van der Waals surface area contributed by atoms with Crippen molar-refractivity contribution in [3.8, 4) is 0 Å². The predicted molar refractivity (Wildman–Crippen MR) is 67.2 cm³/mol. The molecule has 0 spiro atoms. The normalized spacial score (nSPS) is 28.9. The number of aromatic amines is 2. The average molecular weight is 297 g/mol. The van der Waals surface area contributed by atoms with Crippen molar-refractivity contribution < 1.29 is 18.8 Å². The molecule has 2 aromatic rings. The number of imidazole rings is 1. The minimum atomic E-state index is -1.50. The molecule has 1 aliphatic heterocycles. The Morgan fingerprint density at radius 2 is 2.29 bits per heavy atom. The third-order valence-corrected chi connectivity index (χ3v) is 3.50. The molecule has 0 aliphatic carbocycles. The van der Waals surface area contributed by atoms with E-state index in [0.29, 0.717) is 0 Å². The molecule has 8 nitrogen and oxygen atoms in total. The van der Waals surface area contributed by atoms with Crippen molar-refractivity contribution in [1.29, 1.82) is 0 Å². The lowest BCUT2D eigenvalue weighted by Gasteiger charge is -2.18. The highest BCUT2D eigenvalue weighted by Gasteiger charge is 2.49. The van der Waals surface area contributed by atoms with Crippen LogP contribution in [0.3, 0.4) is 0 Å². The fraction of sp³-hybridized carbons (Fsp3) is 0.417. The Morgan fingerprint density at radius 1 is 1.48 bits per heavy atom. The van der Waals surface area contributed by atoms with Crippen LogP contribution in [-0.2, 0) is 4.74 Å². The summed E-state index contributed by atoms with van der Waals surface area (Å²) in [4.78, 5) is 27.9. The topological polar surface area (TPSA) is 104 Å². The van der Waals surface area contributed by atoms with E-state index in [1.165, 1.54) is 17.1 Å². The zero-order valence-corrected chi connectivity index (χ0v) is 10.8. The van der Waals surface area contributed by atoms with Gasteiger partial charge in [-0.3, -0.25) is 19.3 Å². The Morgan fingerprint density at radius 3 is 2.90 bits per heavy atom. The molecule has 1 fully saturated rings. The second kappa shape index (κ2) is 5.26. The van der Waals surface area contributed by atoms with Gasteiger partial charge in [0.1, 0.15) is 18.5 Å². The third-order valence-electron chi connectivity index (χ3n) is 3.50. The molecule has 9 heteroatoms. The number of nitrogens with one attached hydrogen (secondary N) is 2. The Bertz CT molecular complexity index is 725. The molecule has 2 aromatic heterocycles. The summed E-state index contributed by atoms with van der Waals surface area (Å²) in [5, 5.41) is 9.20. The zero-order valence-electron chi connectivity index (χ0n) is 10.8. The maximum atomic E-state index is 14.5. The van der Waals surface area contributed by atoms with E-state index >= 15 is 0 Å². The van der Waals surface area contributed by atoms with Gasteiger partial charge in [0.15, 0.2) is 18.4 Å². The van der Waals surface area contributed by atoms with E-state index in [1.807, 2.05) is 0 Å². The lowest BCUT2D eigenvalue weighted by molar-refractivity contribution is -0.732. The average Bonchev–Trinajstić information content (AvgIpc) is 3.06. The van der Waals surface area contributed by atoms with Crippen LogP contribution in [-0.4, -0.2) is 38.5 Å². The Hall–Kier alpha value is -2.26. The molecular weight excluding hydrogens is 283 g/mol. The van der Waals surface area contributed by atoms with Crippen LogP contribution < -0.4 is 15.8 Å². The minimum absolute atomic E-state index is 0.503. The number of ether oxygens (including phenoxy) is 1. The molecule has 0 amide bonds. The standard InChI is InChI=1S/C12H13FN4O4/c13-9-7(5-18)21-11(10(9)16-4-2-14-6-16)17-3-1-8(19)15-12(17)20/h1-4,6-7,9-11,18H,5H2,(H,15,19,20)/p+1/t7-,9?,10?,11-/m1/s1. The van der Waals surface area contributed by atoms with Gasteiger partial charge in [-0.15, -0.1) is 0 Å². The number of nitrogens with zero attached hydrogens (tertiary/aromatic N) is 2. The number of rotatable bonds is 3. The summed E-state index contributed by atoms with van der Waals surface area (Å²) >= 11 is 0. The van der Waals surface area contributed by atoms with E-state index in [2.05, 4.69) is 9.97 Å². The second-order valence-electron chi connectivity index (χ2n) is 4.76. The van der Waals surface area contributed by atoms with E-state index in [-0.39, 0.29) is 0 Å². The summed E-state index contributed by atoms with van der Waals surface area (Å²) in [5.41, 5.74) is -1.24. The summed E-state index contributed by atoms with van der Waals surface area (Å²) in [6, 6.07) is 0.320. The number of hydrogen-bond donors (Lipinski definition) is 3. The fourth-order valence-corrected chi connectivity index (χ4v) is 2.51. The first-order valence-electron chi connectivity index (χ1n) is 6.37. The van der Waals surface area contributed by atoms with Crippen molar-refractivity contribution in [3.05, 3.63) is 51.8 Å². The fourth-order valence-electron chi connectivity index (χ4n) is 2.51. The van der Waals surface area contributed by atoms with Crippen LogP contribution >= 0.6 is 0 Å². The van der Waals surface area contributed by atoms with Gasteiger partial charge in [0, 0.05) is 12.3 Å².